The Morgan fingerprint density at radius 2 is 1.55 bits per heavy atom. The standard InChI is InChI=1S/C11H16N2.C6H12BO2/c1-10-4-8-13(9-5-10)11-2-6-12-7-3-11;1-5(2)6(3,4)9-7-8-5/h2-3,6-7,10H,4-5,8-9H2,1H3;1-4H3. The van der Waals surface area contributed by atoms with Gasteiger partial charge in [-0.2, -0.15) is 0 Å². The highest BCUT2D eigenvalue weighted by Crippen LogP contribution is 2.33. The Balaban J connectivity index is 0.000000172. The second kappa shape index (κ2) is 7.01. The van der Waals surface area contributed by atoms with Crippen molar-refractivity contribution >= 4 is 13.4 Å². The van der Waals surface area contributed by atoms with Gasteiger partial charge in [-0.3, -0.25) is 4.98 Å². The highest BCUT2D eigenvalue weighted by Gasteiger charge is 2.44. The smallest absolute Gasteiger partial charge is 0.405 e. The molecule has 1 radical (unpaired) electrons. The molecule has 2 aliphatic rings. The molecule has 0 unspecified atom stereocenters. The molecule has 4 nitrogen and oxygen atoms in total. The molecule has 0 bridgehead atoms. The van der Waals surface area contributed by atoms with Crippen LogP contribution in [0.25, 0.3) is 0 Å². The SMILES string of the molecule is CC1(C)O[B]OC1(C)C.CC1CCN(c2ccncc2)CC1. The van der Waals surface area contributed by atoms with E-state index in [1.165, 1.54) is 39.3 Å². The van der Waals surface area contributed by atoms with Crippen LogP contribution in [0.5, 0.6) is 0 Å². The number of aromatic nitrogens is 1. The Morgan fingerprint density at radius 3 is 1.95 bits per heavy atom. The molecule has 2 saturated heterocycles. The number of anilines is 1. The van der Waals surface area contributed by atoms with E-state index in [4.69, 9.17) is 9.31 Å². The Morgan fingerprint density at radius 1 is 1.05 bits per heavy atom. The van der Waals surface area contributed by atoms with Crippen LogP contribution >= 0.6 is 0 Å². The molecule has 0 N–H and O–H groups in total. The van der Waals surface area contributed by atoms with E-state index in [9.17, 15) is 0 Å². The van der Waals surface area contributed by atoms with Crippen LogP contribution in [-0.4, -0.2) is 37.0 Å². The Hall–Kier alpha value is -1.07. The van der Waals surface area contributed by atoms with Crippen molar-refractivity contribution in [2.45, 2.75) is 58.7 Å². The first kappa shape index (κ1) is 17.3. The molecule has 121 valence electrons. The van der Waals surface area contributed by atoms with Crippen LogP contribution in [0.15, 0.2) is 24.5 Å². The van der Waals surface area contributed by atoms with Crippen molar-refractivity contribution in [2.75, 3.05) is 18.0 Å². The fourth-order valence-electron chi connectivity index (χ4n) is 2.37. The van der Waals surface area contributed by atoms with Crippen molar-refractivity contribution in [3.8, 4) is 0 Å². The molecule has 22 heavy (non-hydrogen) atoms. The third kappa shape index (κ3) is 4.23. The maximum absolute atomic E-state index is 5.21. The monoisotopic (exact) mass is 303 g/mol. The van der Waals surface area contributed by atoms with Gasteiger partial charge in [0.25, 0.3) is 0 Å². The maximum Gasteiger partial charge on any atom is 0.488 e. The molecule has 2 fully saturated rings. The summed E-state index contributed by atoms with van der Waals surface area (Å²) in [4.78, 5) is 6.47. The molecule has 5 heteroatoms. The van der Waals surface area contributed by atoms with Crippen LogP contribution in [0.3, 0.4) is 0 Å². The minimum atomic E-state index is -0.188. The molecule has 0 saturated carbocycles. The van der Waals surface area contributed by atoms with Crippen molar-refractivity contribution in [2.24, 2.45) is 5.92 Å². The number of pyridine rings is 1. The molecule has 1 aromatic heterocycles. The highest BCUT2D eigenvalue weighted by atomic mass is 16.7. The lowest BCUT2D eigenvalue weighted by molar-refractivity contribution is 0.00578. The van der Waals surface area contributed by atoms with Crippen molar-refractivity contribution in [3.05, 3.63) is 24.5 Å². The van der Waals surface area contributed by atoms with E-state index in [1.54, 1.807) is 0 Å². The van der Waals surface area contributed by atoms with Crippen LogP contribution in [0.2, 0.25) is 0 Å². The Bertz CT molecular complexity index is 443. The molecule has 0 aromatic carbocycles. The van der Waals surface area contributed by atoms with E-state index in [0.717, 1.165) is 5.92 Å². The topological polar surface area (TPSA) is 34.6 Å². The number of hydrogen-bond acceptors (Lipinski definition) is 4. The normalized spacial score (nSPS) is 23.4. The summed E-state index contributed by atoms with van der Waals surface area (Å²) in [5.74, 6) is 0.901. The summed E-state index contributed by atoms with van der Waals surface area (Å²) in [6, 6.07) is 4.19. The fourth-order valence-corrected chi connectivity index (χ4v) is 2.37. The largest absolute Gasteiger partial charge is 0.488 e. The quantitative estimate of drug-likeness (QED) is 0.744. The lowest BCUT2D eigenvalue weighted by Crippen LogP contribution is -2.41. The van der Waals surface area contributed by atoms with E-state index in [-0.39, 0.29) is 11.2 Å². The predicted octanol–water partition coefficient (Wildman–Crippen LogP) is 3.44. The molecule has 0 aliphatic carbocycles. The predicted molar refractivity (Wildman–Crippen MR) is 90.9 cm³/mol. The van der Waals surface area contributed by atoms with Crippen molar-refractivity contribution in [3.63, 3.8) is 0 Å². The molecule has 3 heterocycles. The molecular formula is C17H28BN2O2. The fraction of sp³-hybridized carbons (Fsp3) is 0.706. The first-order chi connectivity index (χ1) is 10.3. The molecule has 0 atom stereocenters. The van der Waals surface area contributed by atoms with Gasteiger partial charge in [0.05, 0.1) is 11.2 Å². The summed E-state index contributed by atoms with van der Waals surface area (Å²) in [6.45, 7) is 12.8. The van der Waals surface area contributed by atoms with Gasteiger partial charge in [0.1, 0.15) is 0 Å². The van der Waals surface area contributed by atoms with Gasteiger partial charge in [-0.1, -0.05) is 6.92 Å². The molecule has 3 rings (SSSR count). The first-order valence-corrected chi connectivity index (χ1v) is 8.14. The van der Waals surface area contributed by atoms with Gasteiger partial charge in [0, 0.05) is 31.2 Å². The summed E-state index contributed by atoms with van der Waals surface area (Å²) in [5.41, 5.74) is 0.946. The third-order valence-electron chi connectivity index (χ3n) is 4.95. The number of piperidine rings is 1. The van der Waals surface area contributed by atoms with Crippen LogP contribution in [0.4, 0.5) is 5.69 Å². The van der Waals surface area contributed by atoms with E-state index in [1.807, 2.05) is 40.1 Å². The molecule has 1 aromatic rings. The summed E-state index contributed by atoms with van der Waals surface area (Å²) in [7, 11) is 1.42. The summed E-state index contributed by atoms with van der Waals surface area (Å²) < 4.78 is 10.4. The molecule has 0 amide bonds. The van der Waals surface area contributed by atoms with Gasteiger partial charge in [-0.05, 0) is 58.6 Å². The highest BCUT2D eigenvalue weighted by molar-refractivity contribution is 6.19. The average molecular weight is 303 g/mol. The molecule has 2 aliphatic heterocycles. The Kier molecular flexibility index (Phi) is 5.51. The zero-order chi connectivity index (χ0) is 16.2. The summed E-state index contributed by atoms with van der Waals surface area (Å²) in [5, 5.41) is 0. The van der Waals surface area contributed by atoms with Gasteiger partial charge in [0.15, 0.2) is 0 Å². The summed E-state index contributed by atoms with van der Waals surface area (Å²) in [6.07, 6.45) is 6.38. The van der Waals surface area contributed by atoms with Gasteiger partial charge in [-0.25, -0.2) is 0 Å². The first-order valence-electron chi connectivity index (χ1n) is 8.14. The summed E-state index contributed by atoms with van der Waals surface area (Å²) >= 11 is 0. The zero-order valence-corrected chi connectivity index (χ0v) is 14.5. The van der Waals surface area contributed by atoms with Gasteiger partial charge in [-0.15, -0.1) is 0 Å². The maximum atomic E-state index is 5.21. The third-order valence-corrected chi connectivity index (χ3v) is 4.95. The second-order valence-corrected chi connectivity index (χ2v) is 7.23. The molecule has 0 spiro atoms. The van der Waals surface area contributed by atoms with Crippen LogP contribution in [-0.2, 0) is 9.31 Å². The van der Waals surface area contributed by atoms with Crippen molar-refractivity contribution in [1.29, 1.82) is 0 Å². The lowest BCUT2D eigenvalue weighted by Gasteiger charge is -2.32. The minimum absolute atomic E-state index is 0.187. The average Bonchev–Trinajstić information content (AvgIpc) is 2.73. The lowest BCUT2D eigenvalue weighted by atomic mass is 9.90. The second-order valence-electron chi connectivity index (χ2n) is 7.23. The van der Waals surface area contributed by atoms with Gasteiger partial charge in [0.2, 0.25) is 0 Å². The van der Waals surface area contributed by atoms with Crippen molar-refractivity contribution < 1.29 is 9.31 Å². The molecular weight excluding hydrogens is 275 g/mol. The number of nitrogens with zero attached hydrogens (tertiary/aromatic N) is 2. The number of rotatable bonds is 1. The van der Waals surface area contributed by atoms with Crippen LogP contribution in [0.1, 0.15) is 47.5 Å². The van der Waals surface area contributed by atoms with E-state index >= 15 is 0 Å². The van der Waals surface area contributed by atoms with Crippen LogP contribution in [0, 0.1) is 5.92 Å². The van der Waals surface area contributed by atoms with E-state index in [2.05, 4.69) is 28.9 Å². The van der Waals surface area contributed by atoms with E-state index < -0.39 is 0 Å². The van der Waals surface area contributed by atoms with Gasteiger partial charge < -0.3 is 14.2 Å². The minimum Gasteiger partial charge on any atom is -0.405 e. The number of hydrogen-bond donors (Lipinski definition) is 0. The van der Waals surface area contributed by atoms with Crippen LogP contribution < -0.4 is 4.90 Å². The van der Waals surface area contributed by atoms with E-state index in [0.29, 0.717) is 0 Å². The van der Waals surface area contributed by atoms with Crippen molar-refractivity contribution in [1.82, 2.24) is 4.98 Å². The van der Waals surface area contributed by atoms with Gasteiger partial charge >= 0.3 is 7.69 Å². The zero-order valence-electron chi connectivity index (χ0n) is 14.5. The Labute approximate surface area is 135 Å².